The van der Waals surface area contributed by atoms with Crippen LogP contribution in [0.15, 0.2) is 35.1 Å². The van der Waals surface area contributed by atoms with E-state index < -0.39 is 28.7 Å². The Bertz CT molecular complexity index is 874. The number of aromatic nitrogens is 2. The zero-order chi connectivity index (χ0) is 18.4. The molecule has 8 heteroatoms. The second kappa shape index (κ2) is 5.72. The molecule has 1 aliphatic carbocycles. The van der Waals surface area contributed by atoms with Crippen molar-refractivity contribution in [3.63, 3.8) is 0 Å². The molecule has 0 aliphatic heterocycles. The second-order valence-corrected chi connectivity index (χ2v) is 6.32. The van der Waals surface area contributed by atoms with Gasteiger partial charge in [0.1, 0.15) is 11.5 Å². The highest BCUT2D eigenvalue weighted by atomic mass is 19.4. The zero-order valence-electron chi connectivity index (χ0n) is 13.6. The lowest BCUT2D eigenvalue weighted by Gasteiger charge is -2.20. The number of H-pyrrole nitrogens is 1. The zero-order valence-corrected chi connectivity index (χ0v) is 13.6. The van der Waals surface area contributed by atoms with E-state index in [-0.39, 0.29) is 11.6 Å². The first-order valence-electron chi connectivity index (χ1n) is 7.70. The van der Waals surface area contributed by atoms with Gasteiger partial charge < -0.3 is 10.3 Å². The topological polar surface area (TPSA) is 74.8 Å². The molecule has 25 heavy (non-hydrogen) atoms. The maximum absolute atomic E-state index is 12.7. The van der Waals surface area contributed by atoms with Crippen LogP contribution in [0.2, 0.25) is 0 Å². The number of hydrogen-bond donors (Lipinski definition) is 2. The fourth-order valence-corrected chi connectivity index (χ4v) is 2.99. The van der Waals surface area contributed by atoms with Crippen molar-refractivity contribution in [2.75, 3.05) is 0 Å². The molecule has 1 fully saturated rings. The summed E-state index contributed by atoms with van der Waals surface area (Å²) >= 11 is 0. The minimum absolute atomic E-state index is 0.0216. The van der Waals surface area contributed by atoms with Crippen LogP contribution in [0.25, 0.3) is 0 Å². The molecule has 0 radical (unpaired) electrons. The van der Waals surface area contributed by atoms with Gasteiger partial charge >= 0.3 is 6.18 Å². The van der Waals surface area contributed by atoms with Gasteiger partial charge in [-0.2, -0.15) is 13.2 Å². The summed E-state index contributed by atoms with van der Waals surface area (Å²) < 4.78 is 38.1. The number of hydrogen-bond acceptors (Lipinski definition) is 3. The third-order valence-corrected chi connectivity index (χ3v) is 4.47. The van der Waals surface area contributed by atoms with Crippen LogP contribution in [-0.2, 0) is 11.7 Å². The van der Waals surface area contributed by atoms with Gasteiger partial charge in [0.15, 0.2) is 0 Å². The molecular formula is C17H16F3N3O2. The fourth-order valence-electron chi connectivity index (χ4n) is 2.99. The summed E-state index contributed by atoms with van der Waals surface area (Å²) in [6, 6.07) is 5.86. The predicted octanol–water partition coefficient (Wildman–Crippen LogP) is 2.76. The lowest BCUT2D eigenvalue weighted by Crippen LogP contribution is -2.37. The van der Waals surface area contributed by atoms with Crippen LogP contribution in [0.1, 0.15) is 40.8 Å². The Labute approximate surface area is 141 Å². The number of halogens is 3. The Balaban J connectivity index is 1.87. The summed E-state index contributed by atoms with van der Waals surface area (Å²) in [7, 11) is 0. The first-order chi connectivity index (χ1) is 11.6. The summed E-state index contributed by atoms with van der Waals surface area (Å²) in [5.41, 5.74) is -1.34. The van der Waals surface area contributed by atoms with E-state index in [1.807, 2.05) is 6.92 Å². The second-order valence-electron chi connectivity index (χ2n) is 6.32. The van der Waals surface area contributed by atoms with Crippen molar-refractivity contribution in [1.29, 1.82) is 0 Å². The molecular weight excluding hydrogens is 335 g/mol. The highest BCUT2D eigenvalue weighted by Gasteiger charge is 2.53. The van der Waals surface area contributed by atoms with Gasteiger partial charge in [-0.05, 0) is 37.0 Å². The number of nitrogens with one attached hydrogen (secondary N) is 2. The Kier molecular flexibility index (Phi) is 3.93. The summed E-state index contributed by atoms with van der Waals surface area (Å²) in [6.07, 6.45) is -3.80. The van der Waals surface area contributed by atoms with Gasteiger partial charge in [0.05, 0.1) is 11.1 Å². The normalized spacial score (nSPS) is 22.5. The third kappa shape index (κ3) is 3.29. The van der Waals surface area contributed by atoms with Crippen LogP contribution in [0.3, 0.4) is 0 Å². The van der Waals surface area contributed by atoms with Gasteiger partial charge in [-0.1, -0.05) is 19.1 Å². The van der Waals surface area contributed by atoms with E-state index in [0.29, 0.717) is 17.8 Å². The quantitative estimate of drug-likeness (QED) is 0.893. The van der Waals surface area contributed by atoms with Crippen LogP contribution in [0.5, 0.6) is 0 Å². The van der Waals surface area contributed by atoms with Gasteiger partial charge in [0.2, 0.25) is 0 Å². The number of carbonyl (C=O) groups excluding carboxylic acids is 1. The maximum Gasteiger partial charge on any atom is 0.416 e. The molecule has 2 unspecified atom stereocenters. The minimum atomic E-state index is -4.41. The monoisotopic (exact) mass is 351 g/mol. The number of aromatic amines is 1. The van der Waals surface area contributed by atoms with Crippen molar-refractivity contribution in [2.45, 2.75) is 32.0 Å². The Hall–Kier alpha value is -2.64. The van der Waals surface area contributed by atoms with Crippen LogP contribution < -0.4 is 10.9 Å². The molecule has 2 N–H and O–H groups in total. The molecule has 1 aromatic heterocycles. The predicted molar refractivity (Wildman–Crippen MR) is 84.0 cm³/mol. The average Bonchev–Trinajstić information content (AvgIpc) is 3.16. The molecule has 5 nitrogen and oxygen atoms in total. The first kappa shape index (κ1) is 17.2. The molecule has 0 bridgehead atoms. The minimum Gasteiger partial charge on any atom is -0.341 e. The standard InChI is InChI=1S/C17H16F3N3O2/c1-9-8-16(9,11-3-5-12(6-4-11)17(18,19)20)23-15(25)13-7-14(24)22-10(2)21-13/h3-7,9H,8H2,1-2H3,(H,23,25)(H,21,22,24). The third-order valence-electron chi connectivity index (χ3n) is 4.47. The fraction of sp³-hybridized carbons (Fsp3) is 0.353. The summed E-state index contributed by atoms with van der Waals surface area (Å²) in [5.74, 6) is -0.153. The number of nitrogens with zero attached hydrogens (tertiary/aromatic N) is 1. The summed E-state index contributed by atoms with van der Waals surface area (Å²) in [5, 5.41) is 2.83. The number of amides is 1. The Morgan fingerprint density at radius 2 is 1.92 bits per heavy atom. The lowest BCUT2D eigenvalue weighted by atomic mass is 10.0. The van der Waals surface area contributed by atoms with Crippen LogP contribution in [0.4, 0.5) is 13.2 Å². The van der Waals surface area contributed by atoms with E-state index in [4.69, 9.17) is 0 Å². The van der Waals surface area contributed by atoms with E-state index in [2.05, 4.69) is 15.3 Å². The van der Waals surface area contributed by atoms with Crippen molar-refractivity contribution < 1.29 is 18.0 Å². The SMILES string of the molecule is Cc1nc(C(=O)NC2(c3ccc(C(F)(F)F)cc3)CC2C)cc(=O)[nH]1. The van der Waals surface area contributed by atoms with Crippen molar-refractivity contribution in [3.05, 3.63) is 63.3 Å². The summed E-state index contributed by atoms with van der Waals surface area (Å²) in [6.45, 7) is 3.46. The molecule has 0 saturated heterocycles. The molecule has 3 rings (SSSR count). The van der Waals surface area contributed by atoms with E-state index in [0.717, 1.165) is 18.2 Å². The van der Waals surface area contributed by atoms with Crippen molar-refractivity contribution in [3.8, 4) is 0 Å². The van der Waals surface area contributed by atoms with Gasteiger partial charge in [-0.25, -0.2) is 4.98 Å². The highest BCUT2D eigenvalue weighted by Crippen LogP contribution is 2.52. The number of rotatable bonds is 3. The van der Waals surface area contributed by atoms with E-state index in [9.17, 15) is 22.8 Å². The van der Waals surface area contributed by atoms with E-state index >= 15 is 0 Å². The van der Waals surface area contributed by atoms with Crippen LogP contribution in [-0.4, -0.2) is 15.9 Å². The van der Waals surface area contributed by atoms with E-state index in [1.165, 1.54) is 12.1 Å². The number of aryl methyl sites for hydroxylation is 1. The maximum atomic E-state index is 12.7. The molecule has 1 heterocycles. The Morgan fingerprint density at radius 3 is 2.40 bits per heavy atom. The number of benzene rings is 1. The van der Waals surface area contributed by atoms with Crippen molar-refractivity contribution >= 4 is 5.91 Å². The molecule has 2 atom stereocenters. The lowest BCUT2D eigenvalue weighted by molar-refractivity contribution is -0.137. The van der Waals surface area contributed by atoms with Crippen molar-refractivity contribution in [2.24, 2.45) is 5.92 Å². The number of alkyl halides is 3. The van der Waals surface area contributed by atoms with Gasteiger partial charge in [-0.3, -0.25) is 9.59 Å². The smallest absolute Gasteiger partial charge is 0.341 e. The Morgan fingerprint density at radius 1 is 1.32 bits per heavy atom. The first-order valence-corrected chi connectivity index (χ1v) is 7.70. The van der Waals surface area contributed by atoms with Crippen LogP contribution >= 0.6 is 0 Å². The van der Waals surface area contributed by atoms with Crippen LogP contribution in [0, 0.1) is 12.8 Å². The van der Waals surface area contributed by atoms with Crippen molar-refractivity contribution in [1.82, 2.24) is 15.3 Å². The average molecular weight is 351 g/mol. The molecule has 132 valence electrons. The molecule has 1 aromatic carbocycles. The van der Waals surface area contributed by atoms with Gasteiger partial charge in [0, 0.05) is 6.07 Å². The summed E-state index contributed by atoms with van der Waals surface area (Å²) in [4.78, 5) is 30.4. The molecule has 1 amide bonds. The number of carbonyl (C=O) groups is 1. The van der Waals surface area contributed by atoms with E-state index in [1.54, 1.807) is 6.92 Å². The van der Waals surface area contributed by atoms with Gasteiger partial charge in [-0.15, -0.1) is 0 Å². The molecule has 1 aliphatic rings. The molecule has 2 aromatic rings. The molecule has 0 spiro atoms. The molecule has 1 saturated carbocycles. The highest BCUT2D eigenvalue weighted by molar-refractivity contribution is 5.93. The van der Waals surface area contributed by atoms with Gasteiger partial charge in [0.25, 0.3) is 11.5 Å². The largest absolute Gasteiger partial charge is 0.416 e.